The first-order valence-corrected chi connectivity index (χ1v) is 8.21. The van der Waals surface area contributed by atoms with Crippen LogP contribution in [0.1, 0.15) is 31.1 Å². The van der Waals surface area contributed by atoms with E-state index in [0.29, 0.717) is 17.9 Å². The van der Waals surface area contributed by atoms with Gasteiger partial charge in [0, 0.05) is 11.0 Å². The fourth-order valence-electron chi connectivity index (χ4n) is 2.45. The number of hydrogen-bond donors (Lipinski definition) is 1. The predicted octanol–water partition coefficient (Wildman–Crippen LogP) is 2.55. The van der Waals surface area contributed by atoms with E-state index in [9.17, 15) is 9.59 Å². The summed E-state index contributed by atoms with van der Waals surface area (Å²) in [6, 6.07) is 5.19. The Morgan fingerprint density at radius 2 is 2.09 bits per heavy atom. The summed E-state index contributed by atoms with van der Waals surface area (Å²) in [6.07, 6.45) is -1.42. The maximum absolute atomic E-state index is 12.8. The fraction of sp³-hybridized carbons (Fsp3) is 0.500. The first-order chi connectivity index (χ1) is 10.8. The minimum Gasteiger partial charge on any atom is -0.490 e. The lowest BCUT2D eigenvalue weighted by atomic mass is 10.1. The van der Waals surface area contributed by atoms with Crippen LogP contribution in [0.3, 0.4) is 0 Å². The zero-order valence-corrected chi connectivity index (χ0v) is 14.9. The van der Waals surface area contributed by atoms with Crippen molar-refractivity contribution in [3.05, 3.63) is 28.2 Å². The molecule has 7 heteroatoms. The van der Waals surface area contributed by atoms with E-state index in [1.807, 2.05) is 13.8 Å². The molecule has 1 aliphatic rings. The second-order valence-electron chi connectivity index (χ2n) is 5.79. The Labute approximate surface area is 143 Å². The van der Waals surface area contributed by atoms with Gasteiger partial charge in [-0.2, -0.15) is 0 Å². The van der Waals surface area contributed by atoms with Gasteiger partial charge in [0.1, 0.15) is 5.75 Å². The minimum absolute atomic E-state index is 0.0235. The number of carbonyl (C=O) groups is 2. The fourth-order valence-corrected chi connectivity index (χ4v) is 2.79. The maximum Gasteiger partial charge on any atom is 0.334 e. The average Bonchev–Trinajstić information content (AvgIpc) is 2.45. The van der Waals surface area contributed by atoms with Crippen LogP contribution in [-0.2, 0) is 9.53 Å². The number of carboxylic acids is 1. The SMILES string of the molecule is CC(C)Oc1cc(Br)ccc1C(=O)N1CC(C(=O)O)O[C@H](C)C1. The summed E-state index contributed by atoms with van der Waals surface area (Å²) >= 11 is 3.37. The lowest BCUT2D eigenvalue weighted by molar-refractivity contribution is -0.160. The number of aliphatic carboxylic acids is 1. The standard InChI is InChI=1S/C16H20BrNO5/c1-9(2)22-13-6-11(17)4-5-12(13)15(19)18-7-10(3)23-14(8-18)16(20)21/h4-6,9-10,14H,7-8H2,1-3H3,(H,20,21)/t10-,14?/m1/s1. The molecule has 1 fully saturated rings. The molecule has 0 radical (unpaired) electrons. The number of nitrogens with zero attached hydrogens (tertiary/aromatic N) is 1. The summed E-state index contributed by atoms with van der Waals surface area (Å²) < 4.78 is 11.9. The number of hydrogen-bond acceptors (Lipinski definition) is 4. The Bertz CT molecular complexity index is 604. The van der Waals surface area contributed by atoms with Gasteiger partial charge in [-0.25, -0.2) is 4.79 Å². The Kier molecular flexibility index (Phi) is 5.64. The van der Waals surface area contributed by atoms with E-state index < -0.39 is 12.1 Å². The number of rotatable bonds is 4. The Morgan fingerprint density at radius 1 is 1.39 bits per heavy atom. The molecule has 0 aromatic heterocycles. The summed E-state index contributed by atoms with van der Waals surface area (Å²) in [5, 5.41) is 9.14. The van der Waals surface area contributed by atoms with Crippen LogP contribution in [0.25, 0.3) is 0 Å². The van der Waals surface area contributed by atoms with E-state index in [1.54, 1.807) is 25.1 Å². The molecule has 1 unspecified atom stereocenters. The van der Waals surface area contributed by atoms with Gasteiger partial charge in [-0.15, -0.1) is 0 Å². The van der Waals surface area contributed by atoms with Gasteiger partial charge in [-0.1, -0.05) is 15.9 Å². The maximum atomic E-state index is 12.8. The first kappa shape index (κ1) is 17.7. The molecule has 2 atom stereocenters. The van der Waals surface area contributed by atoms with Gasteiger partial charge >= 0.3 is 5.97 Å². The summed E-state index contributed by atoms with van der Waals surface area (Å²) in [4.78, 5) is 25.5. The van der Waals surface area contributed by atoms with Crippen molar-refractivity contribution in [2.24, 2.45) is 0 Å². The van der Waals surface area contributed by atoms with Crippen molar-refractivity contribution < 1.29 is 24.2 Å². The zero-order valence-electron chi connectivity index (χ0n) is 13.3. The minimum atomic E-state index is -1.07. The normalized spacial score (nSPS) is 21.3. The molecule has 0 aliphatic carbocycles. The molecule has 1 saturated heterocycles. The van der Waals surface area contributed by atoms with E-state index in [4.69, 9.17) is 14.6 Å². The van der Waals surface area contributed by atoms with Gasteiger partial charge < -0.3 is 19.5 Å². The van der Waals surface area contributed by atoms with E-state index in [0.717, 1.165) is 4.47 Å². The molecule has 1 aromatic carbocycles. The van der Waals surface area contributed by atoms with Crippen molar-refractivity contribution in [2.75, 3.05) is 13.1 Å². The summed E-state index contributed by atoms with van der Waals surface area (Å²) in [6.45, 7) is 5.89. The van der Waals surface area contributed by atoms with Crippen molar-refractivity contribution in [3.63, 3.8) is 0 Å². The molecule has 0 bridgehead atoms. The second-order valence-corrected chi connectivity index (χ2v) is 6.71. The van der Waals surface area contributed by atoms with Crippen molar-refractivity contribution in [3.8, 4) is 5.75 Å². The van der Waals surface area contributed by atoms with E-state index in [-0.39, 0.29) is 24.7 Å². The molecule has 1 heterocycles. The average molecular weight is 386 g/mol. The molecule has 2 rings (SSSR count). The van der Waals surface area contributed by atoms with Crippen molar-refractivity contribution in [1.82, 2.24) is 4.90 Å². The van der Waals surface area contributed by atoms with Gasteiger partial charge in [-0.3, -0.25) is 4.79 Å². The lowest BCUT2D eigenvalue weighted by Crippen LogP contribution is -2.51. The van der Waals surface area contributed by atoms with Crippen molar-refractivity contribution >= 4 is 27.8 Å². The van der Waals surface area contributed by atoms with Gasteiger partial charge in [0.05, 0.1) is 24.3 Å². The van der Waals surface area contributed by atoms with Crippen LogP contribution >= 0.6 is 15.9 Å². The third kappa shape index (κ3) is 4.45. The van der Waals surface area contributed by atoms with Crippen LogP contribution in [-0.4, -0.2) is 53.3 Å². The second kappa shape index (κ2) is 7.31. The number of carbonyl (C=O) groups excluding carboxylic acids is 1. The first-order valence-electron chi connectivity index (χ1n) is 7.41. The number of amides is 1. The molecule has 126 valence electrons. The Hall–Kier alpha value is -1.60. The van der Waals surface area contributed by atoms with E-state index in [1.165, 1.54) is 4.90 Å². The van der Waals surface area contributed by atoms with Crippen LogP contribution in [0.5, 0.6) is 5.75 Å². The highest BCUT2D eigenvalue weighted by atomic mass is 79.9. The molecule has 1 aromatic rings. The topological polar surface area (TPSA) is 76.1 Å². The van der Waals surface area contributed by atoms with E-state index >= 15 is 0 Å². The monoisotopic (exact) mass is 385 g/mol. The molecule has 6 nitrogen and oxygen atoms in total. The highest BCUT2D eigenvalue weighted by molar-refractivity contribution is 9.10. The highest BCUT2D eigenvalue weighted by Crippen LogP contribution is 2.27. The van der Waals surface area contributed by atoms with Crippen LogP contribution < -0.4 is 4.74 Å². The summed E-state index contributed by atoms with van der Waals surface area (Å²) in [5.41, 5.74) is 0.417. The Balaban J connectivity index is 2.27. The molecule has 1 N–H and O–H groups in total. The predicted molar refractivity (Wildman–Crippen MR) is 87.8 cm³/mol. The molecule has 0 saturated carbocycles. The van der Waals surface area contributed by atoms with Crippen LogP contribution in [0.2, 0.25) is 0 Å². The van der Waals surface area contributed by atoms with Gasteiger partial charge in [0.2, 0.25) is 0 Å². The molecule has 1 amide bonds. The largest absolute Gasteiger partial charge is 0.490 e. The third-order valence-corrected chi connectivity index (χ3v) is 3.85. The smallest absolute Gasteiger partial charge is 0.334 e. The lowest BCUT2D eigenvalue weighted by Gasteiger charge is -2.35. The van der Waals surface area contributed by atoms with Crippen molar-refractivity contribution in [1.29, 1.82) is 0 Å². The third-order valence-electron chi connectivity index (χ3n) is 3.36. The Morgan fingerprint density at radius 3 is 2.70 bits per heavy atom. The summed E-state index contributed by atoms with van der Waals surface area (Å²) in [7, 11) is 0. The molecule has 1 aliphatic heterocycles. The van der Waals surface area contributed by atoms with Crippen LogP contribution in [0, 0.1) is 0 Å². The van der Waals surface area contributed by atoms with Gasteiger partial charge in [0.25, 0.3) is 5.91 Å². The summed E-state index contributed by atoms with van der Waals surface area (Å²) in [5.74, 6) is -0.844. The van der Waals surface area contributed by atoms with E-state index in [2.05, 4.69) is 15.9 Å². The van der Waals surface area contributed by atoms with Crippen LogP contribution in [0.4, 0.5) is 0 Å². The number of benzene rings is 1. The van der Waals surface area contributed by atoms with Gasteiger partial charge in [-0.05, 0) is 39.0 Å². The quantitative estimate of drug-likeness (QED) is 0.861. The number of morpholine rings is 1. The highest BCUT2D eigenvalue weighted by Gasteiger charge is 2.33. The zero-order chi connectivity index (χ0) is 17.1. The number of ether oxygens (including phenoxy) is 2. The van der Waals surface area contributed by atoms with Crippen LogP contribution in [0.15, 0.2) is 22.7 Å². The van der Waals surface area contributed by atoms with Gasteiger partial charge in [0.15, 0.2) is 6.10 Å². The molecule has 23 heavy (non-hydrogen) atoms. The molecular weight excluding hydrogens is 366 g/mol. The molecule has 0 spiro atoms. The molecular formula is C16H20BrNO5. The number of carboxylic acid groups (broad SMARTS) is 1. The number of halogens is 1. The van der Waals surface area contributed by atoms with Crippen molar-refractivity contribution in [2.45, 2.75) is 39.1 Å².